The van der Waals surface area contributed by atoms with Crippen LogP contribution in [0.5, 0.6) is 5.75 Å². The third-order valence-electron chi connectivity index (χ3n) is 5.53. The average molecular weight is 461 g/mol. The number of nitrogens with zero attached hydrogens (tertiary/aromatic N) is 4. The number of rotatable bonds is 6. The Hall–Kier alpha value is -2.39. The summed E-state index contributed by atoms with van der Waals surface area (Å²) in [4.78, 5) is 2.50. The molecule has 31 heavy (non-hydrogen) atoms. The van der Waals surface area contributed by atoms with E-state index in [1.54, 1.807) is 36.1 Å². The van der Waals surface area contributed by atoms with Gasteiger partial charge in [0.2, 0.25) is 10.0 Å². The summed E-state index contributed by atoms with van der Waals surface area (Å²) in [7, 11) is -1.97. The topological polar surface area (TPSA) is 67.7 Å². The Balaban J connectivity index is 1.43. The van der Waals surface area contributed by atoms with Gasteiger partial charge in [0, 0.05) is 38.3 Å². The van der Waals surface area contributed by atoms with Gasteiger partial charge in [-0.3, -0.25) is 4.90 Å². The molecule has 0 amide bonds. The van der Waals surface area contributed by atoms with Crippen LogP contribution < -0.4 is 4.74 Å². The Morgan fingerprint density at radius 2 is 1.65 bits per heavy atom. The first kappa shape index (κ1) is 21.8. The summed E-state index contributed by atoms with van der Waals surface area (Å²) in [5.74, 6) is 0.632. The third-order valence-corrected chi connectivity index (χ3v) is 7.83. The molecule has 1 aliphatic heterocycles. The number of hydrogen-bond acceptors (Lipinski definition) is 5. The SMILES string of the molecule is COc1ccc(S(=O)(=O)N2CCN(Cc3c(C)nn(-c4ccccc4)c3Cl)CC2)cc1. The Morgan fingerprint density at radius 1 is 1.00 bits per heavy atom. The molecule has 1 saturated heterocycles. The van der Waals surface area contributed by atoms with E-state index in [1.807, 2.05) is 37.3 Å². The fourth-order valence-electron chi connectivity index (χ4n) is 3.70. The lowest BCUT2D eigenvalue weighted by Gasteiger charge is -2.34. The number of para-hydroxylation sites is 1. The van der Waals surface area contributed by atoms with Crippen molar-refractivity contribution in [3.63, 3.8) is 0 Å². The smallest absolute Gasteiger partial charge is 0.243 e. The second kappa shape index (κ2) is 9.00. The normalized spacial score (nSPS) is 15.8. The van der Waals surface area contributed by atoms with Gasteiger partial charge in [-0.25, -0.2) is 13.1 Å². The molecule has 1 aliphatic rings. The van der Waals surface area contributed by atoms with Gasteiger partial charge >= 0.3 is 0 Å². The molecule has 0 spiro atoms. The standard InChI is InChI=1S/C22H25ClN4O3S/c1-17-21(22(23)27(24-17)18-6-4-3-5-7-18)16-25-12-14-26(15-13-25)31(28,29)20-10-8-19(30-2)9-11-20/h3-11H,12-16H2,1-2H3. The van der Waals surface area contributed by atoms with Gasteiger partial charge in [-0.15, -0.1) is 0 Å². The van der Waals surface area contributed by atoms with Gasteiger partial charge in [0.15, 0.2) is 0 Å². The van der Waals surface area contributed by atoms with Gasteiger partial charge in [-0.05, 0) is 43.3 Å². The first-order chi connectivity index (χ1) is 14.9. The highest BCUT2D eigenvalue weighted by Crippen LogP contribution is 2.26. The van der Waals surface area contributed by atoms with E-state index < -0.39 is 10.0 Å². The molecule has 0 saturated carbocycles. The molecule has 0 aliphatic carbocycles. The maximum Gasteiger partial charge on any atom is 0.243 e. The van der Waals surface area contributed by atoms with Gasteiger partial charge in [-0.2, -0.15) is 9.40 Å². The third kappa shape index (κ3) is 4.48. The molecule has 0 radical (unpaired) electrons. The van der Waals surface area contributed by atoms with Crippen LogP contribution in [0.4, 0.5) is 0 Å². The fraction of sp³-hybridized carbons (Fsp3) is 0.318. The van der Waals surface area contributed by atoms with Gasteiger partial charge in [-0.1, -0.05) is 29.8 Å². The highest BCUT2D eigenvalue weighted by molar-refractivity contribution is 7.89. The summed E-state index contributed by atoms with van der Waals surface area (Å²) in [6.07, 6.45) is 0. The van der Waals surface area contributed by atoms with Crippen LogP contribution in [-0.2, 0) is 16.6 Å². The number of sulfonamides is 1. The van der Waals surface area contributed by atoms with E-state index in [1.165, 1.54) is 4.31 Å². The number of piperazine rings is 1. The summed E-state index contributed by atoms with van der Waals surface area (Å²) in [6, 6.07) is 16.3. The van der Waals surface area contributed by atoms with Crippen molar-refractivity contribution in [2.24, 2.45) is 0 Å². The lowest BCUT2D eigenvalue weighted by atomic mass is 10.2. The summed E-state index contributed by atoms with van der Waals surface area (Å²) in [5, 5.41) is 5.19. The molecule has 164 valence electrons. The Kier molecular flexibility index (Phi) is 6.34. The van der Waals surface area contributed by atoms with Crippen LogP contribution in [-0.4, -0.2) is 60.7 Å². The Bertz CT molecular complexity index is 1140. The molecule has 0 atom stereocenters. The molecule has 0 bridgehead atoms. The van der Waals surface area contributed by atoms with Crippen molar-refractivity contribution < 1.29 is 13.2 Å². The molecule has 0 unspecified atom stereocenters. The first-order valence-electron chi connectivity index (χ1n) is 10.1. The predicted octanol–water partition coefficient (Wildman–Crippen LogP) is 3.35. The molecule has 9 heteroatoms. The maximum atomic E-state index is 13.0. The lowest BCUT2D eigenvalue weighted by Crippen LogP contribution is -2.48. The van der Waals surface area contributed by atoms with Crippen molar-refractivity contribution in [3.05, 3.63) is 71.0 Å². The van der Waals surface area contributed by atoms with E-state index in [2.05, 4.69) is 10.00 Å². The highest BCUT2D eigenvalue weighted by Gasteiger charge is 2.29. The van der Waals surface area contributed by atoms with Crippen LogP contribution in [0.15, 0.2) is 59.5 Å². The predicted molar refractivity (Wildman–Crippen MR) is 120 cm³/mol. The lowest BCUT2D eigenvalue weighted by molar-refractivity contribution is 0.181. The maximum absolute atomic E-state index is 13.0. The highest BCUT2D eigenvalue weighted by atomic mass is 35.5. The van der Waals surface area contributed by atoms with Crippen LogP contribution in [0.2, 0.25) is 5.15 Å². The van der Waals surface area contributed by atoms with Crippen molar-refractivity contribution in [2.45, 2.75) is 18.4 Å². The summed E-state index contributed by atoms with van der Waals surface area (Å²) < 4.78 is 34.3. The van der Waals surface area contributed by atoms with Crippen LogP contribution in [0.25, 0.3) is 5.69 Å². The number of ether oxygens (including phenoxy) is 1. The zero-order chi connectivity index (χ0) is 22.0. The fourth-order valence-corrected chi connectivity index (χ4v) is 5.45. The van der Waals surface area contributed by atoms with E-state index >= 15 is 0 Å². The monoisotopic (exact) mass is 460 g/mol. The van der Waals surface area contributed by atoms with Crippen LogP contribution in [0.1, 0.15) is 11.3 Å². The minimum atomic E-state index is -3.52. The largest absolute Gasteiger partial charge is 0.497 e. The van der Waals surface area contributed by atoms with E-state index in [0.717, 1.165) is 16.9 Å². The summed E-state index contributed by atoms with van der Waals surface area (Å²) in [5.41, 5.74) is 2.76. The minimum absolute atomic E-state index is 0.282. The van der Waals surface area contributed by atoms with Gasteiger partial charge in [0.25, 0.3) is 0 Å². The van der Waals surface area contributed by atoms with Crippen LogP contribution in [0, 0.1) is 6.92 Å². The zero-order valence-electron chi connectivity index (χ0n) is 17.5. The molecular formula is C22H25ClN4O3S. The van der Waals surface area contributed by atoms with Crippen LogP contribution in [0.3, 0.4) is 0 Å². The molecule has 1 aromatic heterocycles. The number of halogens is 1. The number of benzene rings is 2. The molecule has 3 aromatic rings. The minimum Gasteiger partial charge on any atom is -0.497 e. The van der Waals surface area contributed by atoms with Gasteiger partial charge in [0.05, 0.1) is 23.4 Å². The Morgan fingerprint density at radius 3 is 2.26 bits per heavy atom. The first-order valence-corrected chi connectivity index (χ1v) is 11.9. The second-order valence-electron chi connectivity index (χ2n) is 7.46. The van der Waals surface area contributed by atoms with Crippen molar-refractivity contribution >= 4 is 21.6 Å². The van der Waals surface area contributed by atoms with Crippen molar-refractivity contribution in [3.8, 4) is 11.4 Å². The molecule has 4 rings (SSSR count). The van der Waals surface area contributed by atoms with Crippen molar-refractivity contribution in [2.75, 3.05) is 33.3 Å². The number of aryl methyl sites for hydroxylation is 1. The van der Waals surface area contributed by atoms with E-state index in [4.69, 9.17) is 16.3 Å². The number of hydrogen-bond donors (Lipinski definition) is 0. The van der Waals surface area contributed by atoms with Crippen LogP contribution >= 0.6 is 11.6 Å². The number of aromatic nitrogens is 2. The molecule has 7 nitrogen and oxygen atoms in total. The van der Waals surface area contributed by atoms with Gasteiger partial charge < -0.3 is 4.74 Å². The van der Waals surface area contributed by atoms with E-state index in [9.17, 15) is 8.42 Å². The summed E-state index contributed by atoms with van der Waals surface area (Å²) >= 11 is 6.65. The zero-order valence-corrected chi connectivity index (χ0v) is 19.1. The molecule has 0 N–H and O–H groups in total. The quantitative estimate of drug-likeness (QED) is 0.564. The molecule has 1 fully saturated rings. The molecule has 2 heterocycles. The summed E-state index contributed by atoms with van der Waals surface area (Å²) in [6.45, 7) is 4.69. The average Bonchev–Trinajstić information content (AvgIpc) is 3.08. The second-order valence-corrected chi connectivity index (χ2v) is 9.75. The van der Waals surface area contributed by atoms with Gasteiger partial charge in [0.1, 0.15) is 10.9 Å². The van der Waals surface area contributed by atoms with E-state index in [0.29, 0.717) is 43.6 Å². The Labute approximate surface area is 187 Å². The van der Waals surface area contributed by atoms with Crippen molar-refractivity contribution in [1.29, 1.82) is 0 Å². The molecular weight excluding hydrogens is 436 g/mol. The molecule has 2 aromatic carbocycles. The van der Waals surface area contributed by atoms with Crippen molar-refractivity contribution in [1.82, 2.24) is 19.0 Å². The van der Waals surface area contributed by atoms with E-state index in [-0.39, 0.29) is 4.90 Å². The number of methoxy groups -OCH3 is 1.